The van der Waals surface area contributed by atoms with Gasteiger partial charge in [-0.05, 0) is 30.2 Å². The molecule has 0 aliphatic carbocycles. The Balaban J connectivity index is 1.44. The number of para-hydroxylation sites is 1. The molecule has 1 aromatic carbocycles. The van der Waals surface area contributed by atoms with Gasteiger partial charge in [0.25, 0.3) is 0 Å². The van der Waals surface area contributed by atoms with E-state index in [1.165, 1.54) is 11.6 Å². The van der Waals surface area contributed by atoms with E-state index < -0.39 is 11.7 Å². The van der Waals surface area contributed by atoms with E-state index in [0.29, 0.717) is 5.82 Å². The van der Waals surface area contributed by atoms with Gasteiger partial charge in [0.05, 0.1) is 11.1 Å². The van der Waals surface area contributed by atoms with Crippen molar-refractivity contribution in [1.29, 1.82) is 0 Å². The van der Waals surface area contributed by atoms with Gasteiger partial charge in [-0.3, -0.25) is 9.88 Å². The second kappa shape index (κ2) is 7.75. The van der Waals surface area contributed by atoms with E-state index in [1.54, 1.807) is 0 Å². The number of hydrogen-bond donors (Lipinski definition) is 0. The topological polar surface area (TPSA) is 32.3 Å². The first-order valence-corrected chi connectivity index (χ1v) is 9.34. The van der Waals surface area contributed by atoms with Crippen LogP contribution in [0.25, 0.3) is 10.9 Å². The summed E-state index contributed by atoms with van der Waals surface area (Å²) in [6.45, 7) is 4.08. The van der Waals surface area contributed by atoms with E-state index in [9.17, 15) is 13.2 Å². The van der Waals surface area contributed by atoms with Crippen LogP contribution in [-0.2, 0) is 12.7 Å². The number of anilines is 1. The van der Waals surface area contributed by atoms with Crippen molar-refractivity contribution in [2.45, 2.75) is 19.1 Å². The first kappa shape index (κ1) is 18.7. The molecule has 0 N–H and O–H groups in total. The number of benzene rings is 1. The summed E-state index contributed by atoms with van der Waals surface area (Å²) in [5, 5.41) is 1.13. The Labute approximate surface area is 161 Å². The molecule has 7 heteroatoms. The molecular weight excluding hydrogens is 365 g/mol. The van der Waals surface area contributed by atoms with Crippen molar-refractivity contribution in [2.75, 3.05) is 31.1 Å². The van der Waals surface area contributed by atoms with Crippen molar-refractivity contribution < 1.29 is 13.2 Å². The van der Waals surface area contributed by atoms with Gasteiger partial charge < -0.3 is 4.90 Å². The first-order valence-electron chi connectivity index (χ1n) is 9.34. The fourth-order valence-electron chi connectivity index (χ4n) is 3.63. The summed E-state index contributed by atoms with van der Waals surface area (Å²) in [5.74, 6) is 0.599. The van der Waals surface area contributed by atoms with Crippen molar-refractivity contribution >= 4 is 16.7 Å². The van der Waals surface area contributed by atoms with Crippen LogP contribution in [0.2, 0.25) is 0 Å². The number of alkyl halides is 3. The Morgan fingerprint density at radius 1 is 0.893 bits per heavy atom. The minimum absolute atomic E-state index is 0.599. The SMILES string of the molecule is FC(F)(F)c1ccc(N2CCCN(Cc3cccc4cccnc34)CC2)nc1. The maximum Gasteiger partial charge on any atom is 0.417 e. The summed E-state index contributed by atoms with van der Waals surface area (Å²) < 4.78 is 38.2. The largest absolute Gasteiger partial charge is 0.417 e. The van der Waals surface area contributed by atoms with Crippen molar-refractivity contribution in [3.05, 3.63) is 66.0 Å². The van der Waals surface area contributed by atoms with Crippen LogP contribution in [0.15, 0.2) is 54.9 Å². The van der Waals surface area contributed by atoms with Gasteiger partial charge in [0.15, 0.2) is 0 Å². The molecule has 1 fully saturated rings. The fourth-order valence-corrected chi connectivity index (χ4v) is 3.63. The highest BCUT2D eigenvalue weighted by Crippen LogP contribution is 2.29. The number of pyridine rings is 2. The summed E-state index contributed by atoms with van der Waals surface area (Å²) >= 11 is 0. The van der Waals surface area contributed by atoms with Crippen LogP contribution in [0.1, 0.15) is 17.5 Å². The van der Waals surface area contributed by atoms with Crippen LogP contribution in [-0.4, -0.2) is 41.0 Å². The van der Waals surface area contributed by atoms with Crippen LogP contribution in [0, 0.1) is 0 Å². The van der Waals surface area contributed by atoms with Crippen LogP contribution in [0.4, 0.5) is 19.0 Å². The van der Waals surface area contributed by atoms with Crippen molar-refractivity contribution in [3.63, 3.8) is 0 Å². The number of halogens is 3. The monoisotopic (exact) mass is 386 g/mol. The van der Waals surface area contributed by atoms with E-state index in [4.69, 9.17) is 0 Å². The molecule has 1 saturated heterocycles. The van der Waals surface area contributed by atoms with Gasteiger partial charge in [-0.2, -0.15) is 13.2 Å². The van der Waals surface area contributed by atoms with Crippen molar-refractivity contribution in [2.24, 2.45) is 0 Å². The van der Waals surface area contributed by atoms with E-state index in [0.717, 1.165) is 62.3 Å². The number of hydrogen-bond acceptors (Lipinski definition) is 4. The molecule has 2 aromatic heterocycles. The maximum atomic E-state index is 12.7. The van der Waals surface area contributed by atoms with Gasteiger partial charge in [0.2, 0.25) is 0 Å². The smallest absolute Gasteiger partial charge is 0.355 e. The second-order valence-corrected chi connectivity index (χ2v) is 7.01. The summed E-state index contributed by atoms with van der Waals surface area (Å²) in [6.07, 6.45) is -0.694. The van der Waals surface area contributed by atoms with E-state index in [2.05, 4.69) is 44.0 Å². The predicted molar refractivity (Wildman–Crippen MR) is 103 cm³/mol. The zero-order chi connectivity index (χ0) is 19.6. The van der Waals surface area contributed by atoms with Crippen LogP contribution >= 0.6 is 0 Å². The normalized spacial score (nSPS) is 16.3. The zero-order valence-corrected chi connectivity index (χ0v) is 15.4. The molecule has 0 spiro atoms. The third-order valence-electron chi connectivity index (χ3n) is 5.10. The molecule has 146 valence electrons. The lowest BCUT2D eigenvalue weighted by molar-refractivity contribution is -0.137. The van der Waals surface area contributed by atoms with E-state index in [-0.39, 0.29) is 0 Å². The fraction of sp³-hybridized carbons (Fsp3) is 0.333. The summed E-state index contributed by atoms with van der Waals surface area (Å²) in [7, 11) is 0. The molecule has 0 saturated carbocycles. The summed E-state index contributed by atoms with van der Waals surface area (Å²) in [5.41, 5.74) is 1.51. The van der Waals surface area contributed by atoms with Crippen LogP contribution in [0.3, 0.4) is 0 Å². The Hall–Kier alpha value is -2.67. The molecule has 4 nitrogen and oxygen atoms in total. The van der Waals surface area contributed by atoms with E-state index in [1.807, 2.05) is 12.3 Å². The minimum atomic E-state index is -4.35. The first-order chi connectivity index (χ1) is 13.5. The predicted octanol–water partition coefficient (Wildman–Crippen LogP) is 4.36. The van der Waals surface area contributed by atoms with Gasteiger partial charge in [-0.25, -0.2) is 4.98 Å². The van der Waals surface area contributed by atoms with Gasteiger partial charge in [-0.15, -0.1) is 0 Å². The Kier molecular flexibility index (Phi) is 5.17. The molecule has 0 unspecified atom stereocenters. The van der Waals surface area contributed by atoms with Crippen LogP contribution < -0.4 is 4.90 Å². The average molecular weight is 386 g/mol. The summed E-state index contributed by atoms with van der Waals surface area (Å²) in [6, 6.07) is 12.8. The third-order valence-corrected chi connectivity index (χ3v) is 5.10. The number of nitrogens with zero attached hydrogens (tertiary/aromatic N) is 4. The average Bonchev–Trinajstić information content (AvgIpc) is 2.93. The molecule has 3 aromatic rings. The lowest BCUT2D eigenvalue weighted by atomic mass is 10.1. The maximum absolute atomic E-state index is 12.7. The lowest BCUT2D eigenvalue weighted by Crippen LogP contribution is -2.31. The number of rotatable bonds is 3. The van der Waals surface area contributed by atoms with Gasteiger partial charge in [0, 0.05) is 50.5 Å². The second-order valence-electron chi connectivity index (χ2n) is 7.01. The van der Waals surface area contributed by atoms with Gasteiger partial charge >= 0.3 is 6.18 Å². The Morgan fingerprint density at radius 3 is 2.54 bits per heavy atom. The molecule has 1 aliphatic heterocycles. The number of aromatic nitrogens is 2. The minimum Gasteiger partial charge on any atom is -0.355 e. The molecule has 4 rings (SSSR count). The molecule has 28 heavy (non-hydrogen) atoms. The molecular formula is C21H21F3N4. The van der Waals surface area contributed by atoms with Crippen molar-refractivity contribution in [3.8, 4) is 0 Å². The van der Waals surface area contributed by atoms with Gasteiger partial charge in [-0.1, -0.05) is 24.3 Å². The third kappa shape index (κ3) is 4.09. The molecule has 1 aliphatic rings. The van der Waals surface area contributed by atoms with Gasteiger partial charge in [0.1, 0.15) is 5.82 Å². The highest BCUT2D eigenvalue weighted by atomic mass is 19.4. The summed E-state index contributed by atoms with van der Waals surface area (Å²) in [4.78, 5) is 13.0. The lowest BCUT2D eigenvalue weighted by Gasteiger charge is -2.23. The molecule has 0 bridgehead atoms. The van der Waals surface area contributed by atoms with Crippen molar-refractivity contribution in [1.82, 2.24) is 14.9 Å². The van der Waals surface area contributed by atoms with E-state index >= 15 is 0 Å². The molecule has 0 atom stereocenters. The number of fused-ring (bicyclic) bond motifs is 1. The Morgan fingerprint density at radius 2 is 1.75 bits per heavy atom. The highest BCUT2D eigenvalue weighted by molar-refractivity contribution is 5.81. The zero-order valence-electron chi connectivity index (χ0n) is 15.4. The molecule has 0 radical (unpaired) electrons. The Bertz CT molecular complexity index is 935. The highest BCUT2D eigenvalue weighted by Gasteiger charge is 2.31. The molecule has 0 amide bonds. The van der Waals surface area contributed by atoms with Crippen LogP contribution in [0.5, 0.6) is 0 Å². The standard InChI is InChI=1S/C21H21F3N4/c22-21(23,24)18-7-8-19(26-14-18)28-11-3-10-27(12-13-28)15-17-5-1-4-16-6-2-9-25-20(16)17/h1-2,4-9,14H,3,10-13,15H2. The quantitative estimate of drug-likeness (QED) is 0.670. The molecule has 3 heterocycles.